The van der Waals surface area contributed by atoms with Crippen molar-refractivity contribution in [1.82, 2.24) is 9.55 Å². The third kappa shape index (κ3) is 1.91. The number of nitrogen functional groups attached to an aromatic ring is 1. The van der Waals surface area contributed by atoms with Gasteiger partial charge in [0.2, 0.25) is 0 Å². The smallest absolute Gasteiger partial charge is 0.265 e. The number of rotatable bonds is 1. The summed E-state index contributed by atoms with van der Waals surface area (Å²) in [6, 6.07) is 11.4. The molecule has 2 aromatic carbocycles. The summed E-state index contributed by atoms with van der Waals surface area (Å²) < 4.78 is 1.42. The number of hydrogen-bond acceptors (Lipinski definition) is 4. The Hall–Kier alpha value is -2.82. The first kappa shape index (κ1) is 11.3. The molecule has 0 atom stereocenters. The zero-order valence-corrected chi connectivity index (χ0v) is 9.95. The first-order valence-corrected chi connectivity index (χ1v) is 5.71. The molecule has 3 rings (SSSR count). The lowest BCUT2D eigenvalue weighted by atomic mass is 10.2. The third-order valence-corrected chi connectivity index (χ3v) is 2.91. The van der Waals surface area contributed by atoms with Crippen molar-refractivity contribution in [1.29, 1.82) is 0 Å². The molecule has 19 heavy (non-hydrogen) atoms. The predicted octanol–water partition coefficient (Wildman–Crippen LogP) is 1.67. The largest absolute Gasteiger partial charge is 0.508 e. The van der Waals surface area contributed by atoms with Crippen LogP contribution >= 0.6 is 0 Å². The van der Waals surface area contributed by atoms with Crippen molar-refractivity contribution in [2.75, 3.05) is 5.73 Å². The number of fused-ring (bicyclic) bond motifs is 1. The Labute approximate surface area is 108 Å². The highest BCUT2D eigenvalue weighted by atomic mass is 16.3. The van der Waals surface area contributed by atoms with Gasteiger partial charge in [0.15, 0.2) is 0 Å². The van der Waals surface area contributed by atoms with Gasteiger partial charge in [-0.3, -0.25) is 9.36 Å². The van der Waals surface area contributed by atoms with Gasteiger partial charge in [0.1, 0.15) is 12.1 Å². The zero-order valence-electron chi connectivity index (χ0n) is 9.95. The van der Waals surface area contributed by atoms with E-state index in [1.807, 2.05) is 0 Å². The monoisotopic (exact) mass is 253 g/mol. The van der Waals surface area contributed by atoms with E-state index < -0.39 is 0 Å². The topological polar surface area (TPSA) is 81.1 Å². The molecule has 5 nitrogen and oxygen atoms in total. The summed E-state index contributed by atoms with van der Waals surface area (Å²) in [6.07, 6.45) is 1.47. The first-order valence-electron chi connectivity index (χ1n) is 5.71. The molecule has 0 aliphatic rings. The molecule has 0 amide bonds. The van der Waals surface area contributed by atoms with Crippen LogP contribution in [0.4, 0.5) is 5.69 Å². The molecule has 0 saturated heterocycles. The molecule has 1 heterocycles. The van der Waals surface area contributed by atoms with Gasteiger partial charge >= 0.3 is 0 Å². The van der Waals surface area contributed by atoms with Crippen LogP contribution in [-0.2, 0) is 0 Å². The van der Waals surface area contributed by atoms with Crippen LogP contribution in [0.15, 0.2) is 53.6 Å². The van der Waals surface area contributed by atoms with Crippen LogP contribution in [0.3, 0.4) is 0 Å². The number of benzene rings is 2. The molecule has 0 aliphatic heterocycles. The van der Waals surface area contributed by atoms with Crippen LogP contribution in [0.1, 0.15) is 0 Å². The minimum atomic E-state index is -0.192. The molecule has 1 aromatic heterocycles. The Bertz CT molecular complexity index is 807. The summed E-state index contributed by atoms with van der Waals surface area (Å²) in [7, 11) is 0. The number of aromatic hydroxyl groups is 1. The Kier molecular flexibility index (Phi) is 2.45. The molecular weight excluding hydrogens is 242 g/mol. The van der Waals surface area contributed by atoms with E-state index in [1.165, 1.54) is 23.0 Å². The highest BCUT2D eigenvalue weighted by Gasteiger charge is 2.06. The third-order valence-electron chi connectivity index (χ3n) is 2.91. The van der Waals surface area contributed by atoms with Crippen LogP contribution in [0.25, 0.3) is 16.6 Å². The van der Waals surface area contributed by atoms with E-state index in [1.54, 1.807) is 30.3 Å². The SMILES string of the molecule is Nc1ccc2ncn(-c3ccc(O)cc3)c(=O)c2c1. The van der Waals surface area contributed by atoms with E-state index in [9.17, 15) is 9.90 Å². The summed E-state index contributed by atoms with van der Waals surface area (Å²) in [4.78, 5) is 16.6. The second kappa shape index (κ2) is 4.13. The van der Waals surface area contributed by atoms with Crippen molar-refractivity contribution in [2.24, 2.45) is 0 Å². The van der Waals surface area contributed by atoms with Gasteiger partial charge in [-0.05, 0) is 42.5 Å². The van der Waals surface area contributed by atoms with Gasteiger partial charge in [0.25, 0.3) is 5.56 Å². The highest BCUT2D eigenvalue weighted by molar-refractivity contribution is 5.81. The van der Waals surface area contributed by atoms with Gasteiger partial charge in [-0.25, -0.2) is 4.98 Å². The molecule has 94 valence electrons. The van der Waals surface area contributed by atoms with Crippen molar-refractivity contribution in [3.8, 4) is 11.4 Å². The Morgan fingerprint density at radius 3 is 2.58 bits per heavy atom. The molecule has 3 N–H and O–H groups in total. The maximum absolute atomic E-state index is 12.4. The Morgan fingerprint density at radius 2 is 1.84 bits per heavy atom. The number of aromatic nitrogens is 2. The van der Waals surface area contributed by atoms with Crippen LogP contribution in [0.2, 0.25) is 0 Å². The van der Waals surface area contributed by atoms with Crippen molar-refractivity contribution in [2.45, 2.75) is 0 Å². The molecule has 0 unspecified atom stereocenters. The molecule has 0 saturated carbocycles. The number of nitrogens with two attached hydrogens (primary N) is 1. The fraction of sp³-hybridized carbons (Fsp3) is 0. The van der Waals surface area contributed by atoms with E-state index in [4.69, 9.17) is 5.73 Å². The summed E-state index contributed by atoms with van der Waals surface area (Å²) >= 11 is 0. The van der Waals surface area contributed by atoms with Gasteiger partial charge in [-0.1, -0.05) is 0 Å². The van der Waals surface area contributed by atoms with E-state index in [2.05, 4.69) is 4.98 Å². The number of anilines is 1. The van der Waals surface area contributed by atoms with E-state index in [0.717, 1.165) is 0 Å². The average Bonchev–Trinajstić information content (AvgIpc) is 2.41. The second-order valence-corrected chi connectivity index (χ2v) is 4.21. The summed E-state index contributed by atoms with van der Waals surface area (Å²) in [5.41, 5.74) is 7.27. The van der Waals surface area contributed by atoms with E-state index >= 15 is 0 Å². The van der Waals surface area contributed by atoms with Crippen molar-refractivity contribution in [3.05, 3.63) is 59.1 Å². The van der Waals surface area contributed by atoms with Crippen LogP contribution in [-0.4, -0.2) is 14.7 Å². The molecule has 0 spiro atoms. The lowest BCUT2D eigenvalue weighted by Gasteiger charge is -2.07. The van der Waals surface area contributed by atoms with Crippen molar-refractivity contribution in [3.63, 3.8) is 0 Å². The molecule has 3 aromatic rings. The van der Waals surface area contributed by atoms with Gasteiger partial charge in [0.05, 0.1) is 16.6 Å². The van der Waals surface area contributed by atoms with Crippen LogP contribution in [0.5, 0.6) is 5.75 Å². The Morgan fingerprint density at radius 1 is 1.11 bits per heavy atom. The summed E-state index contributed by atoms with van der Waals surface area (Å²) in [5.74, 6) is 0.148. The lowest BCUT2D eigenvalue weighted by Crippen LogP contribution is -2.18. The van der Waals surface area contributed by atoms with E-state index in [0.29, 0.717) is 22.3 Å². The fourth-order valence-corrected chi connectivity index (χ4v) is 1.94. The fourth-order valence-electron chi connectivity index (χ4n) is 1.94. The number of nitrogens with zero attached hydrogens (tertiary/aromatic N) is 2. The highest BCUT2D eigenvalue weighted by Crippen LogP contribution is 2.15. The molecule has 0 bridgehead atoms. The summed E-state index contributed by atoms with van der Waals surface area (Å²) in [5, 5.41) is 9.73. The number of phenols is 1. The summed E-state index contributed by atoms with van der Waals surface area (Å²) in [6.45, 7) is 0. The molecule has 0 fully saturated rings. The maximum Gasteiger partial charge on any atom is 0.265 e. The van der Waals surface area contributed by atoms with Crippen molar-refractivity contribution < 1.29 is 5.11 Å². The standard InChI is InChI=1S/C14H11N3O2/c15-9-1-6-13-12(7-9)14(19)17(8-16-13)10-2-4-11(18)5-3-10/h1-8,18H,15H2. The maximum atomic E-state index is 12.4. The van der Waals surface area contributed by atoms with E-state index in [-0.39, 0.29) is 11.3 Å². The van der Waals surface area contributed by atoms with Crippen molar-refractivity contribution >= 4 is 16.6 Å². The number of phenolic OH excluding ortho intramolecular Hbond substituents is 1. The first-order chi connectivity index (χ1) is 9.15. The lowest BCUT2D eigenvalue weighted by molar-refractivity contribution is 0.475. The zero-order chi connectivity index (χ0) is 13.4. The average molecular weight is 253 g/mol. The van der Waals surface area contributed by atoms with Gasteiger partial charge in [-0.15, -0.1) is 0 Å². The van der Waals surface area contributed by atoms with Crippen LogP contribution in [0, 0.1) is 0 Å². The van der Waals surface area contributed by atoms with Gasteiger partial charge in [0, 0.05) is 5.69 Å². The molecule has 0 radical (unpaired) electrons. The minimum absolute atomic E-state index is 0.148. The quantitative estimate of drug-likeness (QED) is 0.646. The molecule has 0 aliphatic carbocycles. The minimum Gasteiger partial charge on any atom is -0.508 e. The molecular formula is C14H11N3O2. The predicted molar refractivity (Wildman–Crippen MR) is 73.4 cm³/mol. The van der Waals surface area contributed by atoms with Crippen LogP contribution < -0.4 is 11.3 Å². The van der Waals surface area contributed by atoms with Gasteiger partial charge in [-0.2, -0.15) is 0 Å². The van der Waals surface area contributed by atoms with Gasteiger partial charge < -0.3 is 10.8 Å². The normalized spacial score (nSPS) is 10.7. The Balaban J connectivity index is 2.28. The second-order valence-electron chi connectivity index (χ2n) is 4.21. The number of hydrogen-bond donors (Lipinski definition) is 2. The molecule has 5 heteroatoms.